The number of hydrogen-bond acceptors (Lipinski definition) is 4. The summed E-state index contributed by atoms with van der Waals surface area (Å²) in [7, 11) is 3.24. The minimum Gasteiger partial charge on any atom is -0.497 e. The van der Waals surface area contributed by atoms with Crippen molar-refractivity contribution in [2.45, 2.75) is 19.4 Å². The Labute approximate surface area is 158 Å². The monoisotopic (exact) mass is 365 g/mol. The average Bonchev–Trinajstić information content (AvgIpc) is 3.22. The standard InChI is InChI=1S/C21H23N3O3/c1-4-17(14-9-11-15(26-2)12-10-14)22-21(25)19-13-18(23-24-19)16-7-5-6-8-20(16)27-3/h5-13,17H,4H2,1-3H3,(H,22,25)(H,23,24). The van der Waals surface area contributed by atoms with E-state index in [0.29, 0.717) is 17.1 Å². The molecular weight excluding hydrogens is 342 g/mol. The zero-order valence-electron chi connectivity index (χ0n) is 15.7. The SMILES string of the molecule is CCC(NC(=O)c1cc(-c2ccccc2OC)n[nH]1)c1ccc(OC)cc1. The molecule has 3 rings (SSSR count). The number of amides is 1. The second-order valence-corrected chi connectivity index (χ2v) is 6.07. The maximum absolute atomic E-state index is 12.7. The number of aromatic nitrogens is 2. The van der Waals surface area contributed by atoms with E-state index in [9.17, 15) is 4.79 Å². The molecule has 0 aliphatic rings. The predicted octanol–water partition coefficient (Wildman–Crippen LogP) is 3.98. The van der Waals surface area contributed by atoms with Gasteiger partial charge in [-0.05, 0) is 42.3 Å². The Morgan fingerprint density at radius 2 is 1.85 bits per heavy atom. The molecule has 1 heterocycles. The molecule has 1 aromatic heterocycles. The number of hydrogen-bond donors (Lipinski definition) is 2. The van der Waals surface area contributed by atoms with Crippen molar-refractivity contribution in [1.29, 1.82) is 0 Å². The molecule has 6 nitrogen and oxygen atoms in total. The van der Waals surface area contributed by atoms with Crippen molar-refractivity contribution in [2.24, 2.45) is 0 Å². The molecule has 0 fully saturated rings. The van der Waals surface area contributed by atoms with E-state index in [-0.39, 0.29) is 11.9 Å². The van der Waals surface area contributed by atoms with Crippen molar-refractivity contribution >= 4 is 5.91 Å². The van der Waals surface area contributed by atoms with Crippen molar-refractivity contribution in [1.82, 2.24) is 15.5 Å². The number of rotatable bonds is 7. The zero-order valence-corrected chi connectivity index (χ0v) is 15.7. The minimum atomic E-state index is -0.202. The first-order valence-corrected chi connectivity index (χ1v) is 8.79. The Hall–Kier alpha value is -3.28. The molecule has 0 aliphatic carbocycles. The third-order valence-electron chi connectivity index (χ3n) is 4.44. The van der Waals surface area contributed by atoms with Gasteiger partial charge in [-0.15, -0.1) is 0 Å². The van der Waals surface area contributed by atoms with E-state index >= 15 is 0 Å². The molecule has 27 heavy (non-hydrogen) atoms. The number of benzene rings is 2. The van der Waals surface area contributed by atoms with Crippen LogP contribution in [0.25, 0.3) is 11.3 Å². The fourth-order valence-electron chi connectivity index (χ4n) is 2.93. The van der Waals surface area contributed by atoms with Gasteiger partial charge in [-0.2, -0.15) is 5.10 Å². The van der Waals surface area contributed by atoms with Crippen LogP contribution >= 0.6 is 0 Å². The van der Waals surface area contributed by atoms with Crippen molar-refractivity contribution in [3.8, 4) is 22.8 Å². The first-order valence-electron chi connectivity index (χ1n) is 8.79. The maximum atomic E-state index is 12.7. The lowest BCUT2D eigenvalue weighted by molar-refractivity contribution is 0.0930. The summed E-state index contributed by atoms with van der Waals surface area (Å²) in [5.74, 6) is 1.29. The van der Waals surface area contributed by atoms with Gasteiger partial charge >= 0.3 is 0 Å². The summed E-state index contributed by atoms with van der Waals surface area (Å²) in [6.45, 7) is 2.03. The van der Waals surface area contributed by atoms with Gasteiger partial charge in [-0.3, -0.25) is 9.89 Å². The Balaban J connectivity index is 1.76. The predicted molar refractivity (Wildman–Crippen MR) is 104 cm³/mol. The molecule has 2 aromatic carbocycles. The molecule has 1 unspecified atom stereocenters. The van der Waals surface area contributed by atoms with Crippen LogP contribution in [0.15, 0.2) is 54.6 Å². The van der Waals surface area contributed by atoms with Crippen LogP contribution in [0, 0.1) is 0 Å². The lowest BCUT2D eigenvalue weighted by Crippen LogP contribution is -2.28. The van der Waals surface area contributed by atoms with Crippen molar-refractivity contribution in [2.75, 3.05) is 14.2 Å². The molecule has 0 aliphatic heterocycles. The number of nitrogens with zero attached hydrogens (tertiary/aromatic N) is 1. The Bertz CT molecular complexity index is 903. The van der Waals surface area contributed by atoms with E-state index in [1.54, 1.807) is 20.3 Å². The number of ether oxygens (including phenoxy) is 2. The van der Waals surface area contributed by atoms with Gasteiger partial charge in [0.05, 0.1) is 26.0 Å². The van der Waals surface area contributed by atoms with Gasteiger partial charge in [-0.1, -0.05) is 31.2 Å². The highest BCUT2D eigenvalue weighted by Crippen LogP contribution is 2.28. The van der Waals surface area contributed by atoms with Crippen LogP contribution in [-0.2, 0) is 0 Å². The molecule has 6 heteroatoms. The fraction of sp³-hybridized carbons (Fsp3) is 0.238. The molecule has 1 atom stereocenters. The molecule has 0 bridgehead atoms. The van der Waals surface area contributed by atoms with E-state index in [0.717, 1.165) is 23.3 Å². The summed E-state index contributed by atoms with van der Waals surface area (Å²) < 4.78 is 10.5. The molecule has 0 spiro atoms. The van der Waals surface area contributed by atoms with Crippen LogP contribution in [0.5, 0.6) is 11.5 Å². The number of para-hydroxylation sites is 1. The minimum absolute atomic E-state index is 0.0959. The van der Waals surface area contributed by atoms with Crippen LogP contribution < -0.4 is 14.8 Å². The normalized spacial score (nSPS) is 11.7. The molecule has 0 saturated carbocycles. The lowest BCUT2D eigenvalue weighted by Gasteiger charge is -2.17. The van der Waals surface area contributed by atoms with Crippen LogP contribution in [-0.4, -0.2) is 30.3 Å². The van der Waals surface area contributed by atoms with E-state index in [1.165, 1.54) is 0 Å². The number of H-pyrrole nitrogens is 1. The molecular formula is C21H23N3O3. The summed E-state index contributed by atoms with van der Waals surface area (Å²) in [6.07, 6.45) is 0.769. The molecule has 0 saturated heterocycles. The van der Waals surface area contributed by atoms with Crippen molar-refractivity contribution < 1.29 is 14.3 Å². The van der Waals surface area contributed by atoms with Gasteiger partial charge in [0.25, 0.3) is 5.91 Å². The molecule has 140 valence electrons. The van der Waals surface area contributed by atoms with Gasteiger partial charge in [-0.25, -0.2) is 0 Å². The van der Waals surface area contributed by atoms with Crippen molar-refractivity contribution in [3.63, 3.8) is 0 Å². The second kappa shape index (κ2) is 8.40. The summed E-state index contributed by atoms with van der Waals surface area (Å²) in [5, 5.41) is 10.1. The van der Waals surface area contributed by atoms with Crippen LogP contribution in [0.1, 0.15) is 35.4 Å². The third-order valence-corrected chi connectivity index (χ3v) is 4.44. The Kier molecular flexibility index (Phi) is 5.76. The second-order valence-electron chi connectivity index (χ2n) is 6.07. The maximum Gasteiger partial charge on any atom is 0.269 e. The molecule has 2 N–H and O–H groups in total. The summed E-state index contributed by atoms with van der Waals surface area (Å²) in [6, 6.07) is 16.9. The smallest absolute Gasteiger partial charge is 0.269 e. The Morgan fingerprint density at radius 3 is 2.52 bits per heavy atom. The van der Waals surface area contributed by atoms with Crippen LogP contribution in [0.2, 0.25) is 0 Å². The zero-order chi connectivity index (χ0) is 19.2. The molecule has 3 aromatic rings. The van der Waals surface area contributed by atoms with E-state index < -0.39 is 0 Å². The average molecular weight is 365 g/mol. The summed E-state index contributed by atoms with van der Waals surface area (Å²) in [4.78, 5) is 12.7. The van der Waals surface area contributed by atoms with E-state index in [4.69, 9.17) is 9.47 Å². The summed E-state index contributed by atoms with van der Waals surface area (Å²) >= 11 is 0. The third kappa shape index (κ3) is 4.11. The van der Waals surface area contributed by atoms with Crippen molar-refractivity contribution in [3.05, 3.63) is 65.9 Å². The number of methoxy groups -OCH3 is 2. The highest BCUT2D eigenvalue weighted by atomic mass is 16.5. The summed E-state index contributed by atoms with van der Waals surface area (Å²) in [5.41, 5.74) is 2.92. The lowest BCUT2D eigenvalue weighted by atomic mass is 10.0. The number of aromatic amines is 1. The first kappa shape index (κ1) is 18.5. The van der Waals surface area contributed by atoms with E-state index in [2.05, 4.69) is 15.5 Å². The van der Waals surface area contributed by atoms with Gasteiger partial charge in [0.1, 0.15) is 17.2 Å². The number of carbonyl (C=O) groups excluding carboxylic acids is 1. The van der Waals surface area contributed by atoms with Gasteiger partial charge in [0.15, 0.2) is 0 Å². The largest absolute Gasteiger partial charge is 0.497 e. The first-order chi connectivity index (χ1) is 13.2. The van der Waals surface area contributed by atoms with Gasteiger partial charge < -0.3 is 14.8 Å². The van der Waals surface area contributed by atoms with Crippen LogP contribution in [0.4, 0.5) is 0 Å². The van der Waals surface area contributed by atoms with E-state index in [1.807, 2.05) is 55.5 Å². The number of nitrogens with one attached hydrogen (secondary N) is 2. The highest BCUT2D eigenvalue weighted by molar-refractivity contribution is 5.93. The molecule has 1 amide bonds. The Morgan fingerprint density at radius 1 is 1.11 bits per heavy atom. The molecule has 0 radical (unpaired) electrons. The quantitative estimate of drug-likeness (QED) is 0.664. The van der Waals surface area contributed by atoms with Crippen LogP contribution in [0.3, 0.4) is 0 Å². The number of carbonyl (C=O) groups is 1. The van der Waals surface area contributed by atoms with Gasteiger partial charge in [0, 0.05) is 5.56 Å². The topological polar surface area (TPSA) is 76.2 Å². The highest BCUT2D eigenvalue weighted by Gasteiger charge is 2.17. The van der Waals surface area contributed by atoms with Gasteiger partial charge in [0.2, 0.25) is 0 Å². The fourth-order valence-corrected chi connectivity index (χ4v) is 2.93.